The third-order valence-electron chi connectivity index (χ3n) is 5.44. The van der Waals surface area contributed by atoms with E-state index in [0.717, 1.165) is 17.8 Å². The van der Waals surface area contributed by atoms with Gasteiger partial charge >= 0.3 is 5.97 Å². The molecule has 0 saturated heterocycles. The maximum atomic E-state index is 13.1. The molecule has 3 rings (SSSR count). The van der Waals surface area contributed by atoms with Crippen LogP contribution < -0.4 is 4.90 Å². The number of aromatic amines is 1. The Bertz CT molecular complexity index is 815. The predicted molar refractivity (Wildman–Crippen MR) is 109 cm³/mol. The van der Waals surface area contributed by atoms with E-state index in [1.54, 1.807) is 6.20 Å². The topological polar surface area (TPSA) is 78.4 Å². The third kappa shape index (κ3) is 4.06. The van der Waals surface area contributed by atoms with Crippen LogP contribution >= 0.6 is 0 Å². The van der Waals surface area contributed by atoms with Crippen molar-refractivity contribution >= 4 is 11.7 Å². The van der Waals surface area contributed by atoms with Crippen LogP contribution in [0.1, 0.15) is 45.7 Å². The number of nitrogens with one attached hydrogen (secondary N) is 1. The lowest BCUT2D eigenvalue weighted by Gasteiger charge is -2.42. The number of nitrogens with zero attached hydrogens (tertiary/aromatic N) is 2. The Labute approximate surface area is 166 Å². The molecule has 6 heteroatoms. The van der Waals surface area contributed by atoms with Gasteiger partial charge in [0.25, 0.3) is 0 Å². The molecule has 1 unspecified atom stereocenters. The summed E-state index contributed by atoms with van der Waals surface area (Å²) >= 11 is 0. The van der Waals surface area contributed by atoms with Crippen LogP contribution in [0, 0.1) is 5.92 Å². The molecule has 0 bridgehead atoms. The molecule has 0 saturated carbocycles. The van der Waals surface area contributed by atoms with E-state index in [4.69, 9.17) is 4.74 Å². The van der Waals surface area contributed by atoms with Gasteiger partial charge < -0.3 is 14.7 Å². The molecule has 1 aromatic heterocycles. The lowest BCUT2D eigenvalue weighted by molar-refractivity contribution is -0.166. The van der Waals surface area contributed by atoms with Crippen molar-refractivity contribution in [3.63, 3.8) is 0 Å². The van der Waals surface area contributed by atoms with Gasteiger partial charge in [0, 0.05) is 30.5 Å². The third-order valence-corrected chi connectivity index (χ3v) is 5.44. The minimum absolute atomic E-state index is 0.0689. The first kappa shape index (κ1) is 20.0. The van der Waals surface area contributed by atoms with Crippen molar-refractivity contribution in [3.05, 3.63) is 59.7 Å². The van der Waals surface area contributed by atoms with Gasteiger partial charge in [-0.3, -0.25) is 5.10 Å². The lowest BCUT2D eigenvalue weighted by Crippen LogP contribution is -2.48. The molecule has 1 aliphatic heterocycles. The molecule has 0 amide bonds. The minimum atomic E-state index is -0.732. The number of benzene rings is 1. The molecule has 1 atom stereocenters. The normalized spacial score (nSPS) is 19.8. The van der Waals surface area contributed by atoms with E-state index < -0.39 is 11.6 Å². The Balaban J connectivity index is 1.90. The minimum Gasteiger partial charge on any atom is -0.510 e. The molecule has 28 heavy (non-hydrogen) atoms. The smallest absolute Gasteiger partial charge is 0.359 e. The van der Waals surface area contributed by atoms with Crippen molar-refractivity contribution in [1.82, 2.24) is 10.2 Å². The van der Waals surface area contributed by atoms with Gasteiger partial charge in [-0.05, 0) is 43.4 Å². The van der Waals surface area contributed by atoms with Gasteiger partial charge in [0.1, 0.15) is 11.4 Å². The predicted octanol–water partition coefficient (Wildman–Crippen LogP) is 4.37. The Morgan fingerprint density at radius 1 is 1.29 bits per heavy atom. The Kier molecular flexibility index (Phi) is 6.07. The van der Waals surface area contributed by atoms with Gasteiger partial charge in [0.2, 0.25) is 0 Å². The second-order valence-electron chi connectivity index (χ2n) is 7.65. The second-order valence-corrected chi connectivity index (χ2v) is 7.65. The molecular weight excluding hydrogens is 354 g/mol. The molecule has 0 radical (unpaired) electrons. The number of carbonyl (C=O) groups excluding carboxylic acids is 1. The summed E-state index contributed by atoms with van der Waals surface area (Å²) in [5.74, 6) is -0.286. The molecule has 1 aromatic carbocycles. The van der Waals surface area contributed by atoms with E-state index in [1.165, 1.54) is 0 Å². The number of hydrogen-bond acceptors (Lipinski definition) is 5. The van der Waals surface area contributed by atoms with Crippen LogP contribution in [0.2, 0.25) is 0 Å². The van der Waals surface area contributed by atoms with Crippen molar-refractivity contribution in [2.45, 2.75) is 52.1 Å². The molecule has 2 aromatic rings. The van der Waals surface area contributed by atoms with Crippen molar-refractivity contribution < 1.29 is 14.6 Å². The number of carbonyl (C=O) groups is 1. The molecule has 6 nitrogen and oxygen atoms in total. The summed E-state index contributed by atoms with van der Waals surface area (Å²) < 4.78 is 6.03. The number of cyclic esters (lactones) is 1. The zero-order valence-corrected chi connectivity index (χ0v) is 16.8. The second kappa shape index (κ2) is 8.50. The fourth-order valence-corrected chi connectivity index (χ4v) is 3.74. The molecule has 2 N–H and O–H groups in total. The van der Waals surface area contributed by atoms with E-state index in [0.29, 0.717) is 25.8 Å². The van der Waals surface area contributed by atoms with Crippen LogP contribution in [0.25, 0.3) is 0 Å². The monoisotopic (exact) mass is 383 g/mol. The standard InChI is InChI=1S/C22H29N3O3/c1-4-14-25(18-8-6-5-7-9-18)20-19(26)15-22(16(2)3,28-21(20)27)12-10-17-11-13-23-24-17/h5-9,11,13,16,26H,4,10,12,14-15H2,1-3H3,(H,23,24). The van der Waals surface area contributed by atoms with E-state index in [2.05, 4.69) is 10.2 Å². The molecule has 0 fully saturated rings. The van der Waals surface area contributed by atoms with E-state index >= 15 is 0 Å². The van der Waals surface area contributed by atoms with Crippen molar-refractivity contribution in [3.8, 4) is 0 Å². The summed E-state index contributed by atoms with van der Waals surface area (Å²) in [6, 6.07) is 11.6. The summed E-state index contributed by atoms with van der Waals surface area (Å²) in [5.41, 5.74) is 1.38. The number of anilines is 1. The number of para-hydroxylation sites is 1. The average Bonchev–Trinajstić information content (AvgIpc) is 3.19. The quantitative estimate of drug-likeness (QED) is 0.662. The van der Waals surface area contributed by atoms with Gasteiger partial charge in [-0.2, -0.15) is 5.10 Å². The van der Waals surface area contributed by atoms with Crippen molar-refractivity contribution in [2.75, 3.05) is 11.4 Å². The number of aliphatic hydroxyl groups is 1. The fraction of sp³-hybridized carbons (Fsp3) is 0.455. The van der Waals surface area contributed by atoms with Crippen LogP contribution in [-0.2, 0) is 16.0 Å². The van der Waals surface area contributed by atoms with Gasteiger partial charge in [-0.1, -0.05) is 39.0 Å². The zero-order valence-electron chi connectivity index (χ0n) is 16.8. The van der Waals surface area contributed by atoms with Crippen LogP contribution in [0.5, 0.6) is 0 Å². The highest BCUT2D eigenvalue weighted by atomic mass is 16.6. The Morgan fingerprint density at radius 3 is 2.61 bits per heavy atom. The number of esters is 1. The Hall–Kier alpha value is -2.76. The molecule has 1 aliphatic rings. The average molecular weight is 383 g/mol. The fourth-order valence-electron chi connectivity index (χ4n) is 3.74. The highest BCUT2D eigenvalue weighted by molar-refractivity contribution is 5.94. The van der Waals surface area contributed by atoms with Crippen LogP contribution in [0.3, 0.4) is 0 Å². The number of aromatic nitrogens is 2. The largest absolute Gasteiger partial charge is 0.510 e. The van der Waals surface area contributed by atoms with Gasteiger partial charge in [-0.25, -0.2) is 4.79 Å². The summed E-state index contributed by atoms with van der Waals surface area (Å²) in [4.78, 5) is 14.9. The number of aliphatic hydroxyl groups excluding tert-OH is 1. The lowest BCUT2D eigenvalue weighted by atomic mass is 9.80. The molecule has 2 heterocycles. The number of ether oxygens (including phenoxy) is 1. The first-order valence-electron chi connectivity index (χ1n) is 9.93. The van der Waals surface area contributed by atoms with Crippen LogP contribution in [0.15, 0.2) is 54.1 Å². The maximum absolute atomic E-state index is 13.1. The van der Waals surface area contributed by atoms with Gasteiger partial charge in [0.05, 0.1) is 0 Å². The molecule has 0 aliphatic carbocycles. The Morgan fingerprint density at radius 2 is 2.04 bits per heavy atom. The zero-order chi connectivity index (χ0) is 20.1. The van der Waals surface area contributed by atoms with Crippen molar-refractivity contribution in [1.29, 1.82) is 0 Å². The highest BCUT2D eigenvalue weighted by Gasteiger charge is 2.45. The van der Waals surface area contributed by atoms with E-state index in [-0.39, 0.29) is 17.4 Å². The van der Waals surface area contributed by atoms with Crippen molar-refractivity contribution in [2.24, 2.45) is 5.92 Å². The van der Waals surface area contributed by atoms with Crippen LogP contribution in [-0.4, -0.2) is 33.4 Å². The van der Waals surface area contributed by atoms with Crippen LogP contribution in [0.4, 0.5) is 5.69 Å². The number of rotatable bonds is 8. The number of H-pyrrole nitrogens is 1. The first-order valence-corrected chi connectivity index (χ1v) is 9.93. The van der Waals surface area contributed by atoms with Gasteiger partial charge in [0.15, 0.2) is 5.70 Å². The summed E-state index contributed by atoms with van der Waals surface area (Å²) in [6.07, 6.45) is 4.18. The summed E-state index contributed by atoms with van der Waals surface area (Å²) in [6.45, 7) is 6.73. The maximum Gasteiger partial charge on any atom is 0.359 e. The number of hydrogen-bond donors (Lipinski definition) is 2. The first-order chi connectivity index (χ1) is 13.5. The van der Waals surface area contributed by atoms with Gasteiger partial charge in [-0.15, -0.1) is 0 Å². The molecule has 0 spiro atoms. The summed E-state index contributed by atoms with van der Waals surface area (Å²) in [7, 11) is 0. The van der Waals surface area contributed by atoms with E-state index in [9.17, 15) is 9.90 Å². The SMILES string of the molecule is CCCN(C1=C(O)CC(CCc2ccn[nH]2)(C(C)C)OC1=O)c1ccccc1. The molecular formula is C22H29N3O3. The highest BCUT2D eigenvalue weighted by Crippen LogP contribution is 2.40. The summed E-state index contributed by atoms with van der Waals surface area (Å²) in [5, 5.41) is 17.9. The molecule has 150 valence electrons. The van der Waals surface area contributed by atoms with E-state index in [1.807, 2.05) is 62.1 Å². The number of aryl methyl sites for hydroxylation is 1.